The van der Waals surface area contributed by atoms with Gasteiger partial charge in [0.15, 0.2) is 0 Å². The molecule has 3 N–H and O–H groups in total. The van der Waals surface area contributed by atoms with Gasteiger partial charge in [0.25, 0.3) is 0 Å². The Balaban J connectivity index is 2.19. The first-order valence-corrected chi connectivity index (χ1v) is 5.07. The molecular weight excluding hydrogens is 178 g/mol. The Morgan fingerprint density at radius 2 is 2.29 bits per heavy atom. The van der Waals surface area contributed by atoms with Gasteiger partial charge in [0.05, 0.1) is 0 Å². The van der Waals surface area contributed by atoms with Crippen LogP contribution in [0.3, 0.4) is 0 Å². The molecule has 0 amide bonds. The van der Waals surface area contributed by atoms with Gasteiger partial charge in [-0.05, 0) is 12.8 Å². The molecule has 1 aromatic heterocycles. The largest absolute Gasteiger partial charge is 0.381 e. The number of nitrogens with zero attached hydrogens (tertiary/aromatic N) is 1. The first kappa shape index (κ1) is 9.68. The molecule has 4 nitrogen and oxygen atoms in total. The van der Waals surface area contributed by atoms with Crippen LogP contribution in [0.5, 0.6) is 0 Å². The fraction of sp³-hybridized carbons (Fsp3) is 0.700. The third-order valence-corrected chi connectivity index (χ3v) is 3.02. The summed E-state index contributed by atoms with van der Waals surface area (Å²) in [5.74, 6) is 1.06. The van der Waals surface area contributed by atoms with Gasteiger partial charge in [-0.2, -0.15) is 0 Å². The van der Waals surface area contributed by atoms with Crippen LogP contribution in [0.25, 0.3) is 0 Å². The van der Waals surface area contributed by atoms with Gasteiger partial charge in [-0.1, -0.05) is 6.92 Å². The molecule has 1 aliphatic rings. The summed E-state index contributed by atoms with van der Waals surface area (Å²) in [4.78, 5) is 7.67. The molecule has 1 saturated heterocycles. The Bertz CT molecular complexity index is 302. The zero-order valence-corrected chi connectivity index (χ0v) is 8.55. The Hall–Kier alpha value is -0.870. The van der Waals surface area contributed by atoms with E-state index in [1.807, 2.05) is 6.20 Å². The lowest BCUT2D eigenvalue weighted by molar-refractivity contribution is 0.0538. The van der Waals surface area contributed by atoms with Crippen molar-refractivity contribution >= 4 is 0 Å². The van der Waals surface area contributed by atoms with Crippen LogP contribution < -0.4 is 5.73 Å². The standard InChI is InChI=1S/C10H17N3O/c1-10(2-4-14-5-3-10)9-12-7-8(6-11)13-9/h7H,2-6,11H2,1H3,(H,12,13). The first-order valence-electron chi connectivity index (χ1n) is 5.07. The summed E-state index contributed by atoms with van der Waals surface area (Å²) in [5.41, 5.74) is 6.69. The van der Waals surface area contributed by atoms with Crippen LogP contribution in [0.15, 0.2) is 6.20 Å². The summed E-state index contributed by atoms with van der Waals surface area (Å²) in [6.45, 7) is 4.42. The van der Waals surface area contributed by atoms with Crippen LogP contribution in [0.1, 0.15) is 31.3 Å². The van der Waals surface area contributed by atoms with Gasteiger partial charge in [0.1, 0.15) is 5.82 Å². The van der Waals surface area contributed by atoms with Crippen LogP contribution in [0.2, 0.25) is 0 Å². The molecule has 0 aromatic carbocycles. The SMILES string of the molecule is CC1(c2ncc(CN)[nH]2)CCOCC1. The summed E-state index contributed by atoms with van der Waals surface area (Å²) in [5, 5.41) is 0. The molecule has 4 heteroatoms. The number of aromatic nitrogens is 2. The number of nitrogens with two attached hydrogens (primary N) is 1. The van der Waals surface area contributed by atoms with E-state index in [9.17, 15) is 0 Å². The Morgan fingerprint density at radius 1 is 1.57 bits per heavy atom. The van der Waals surface area contributed by atoms with E-state index in [0.29, 0.717) is 6.54 Å². The molecule has 0 saturated carbocycles. The van der Waals surface area contributed by atoms with E-state index < -0.39 is 0 Å². The van der Waals surface area contributed by atoms with Crippen molar-refractivity contribution in [1.29, 1.82) is 0 Å². The van der Waals surface area contributed by atoms with Gasteiger partial charge >= 0.3 is 0 Å². The predicted octanol–water partition coefficient (Wildman–Crippen LogP) is 0.936. The average Bonchev–Trinajstić information content (AvgIpc) is 2.67. The fourth-order valence-electron chi connectivity index (χ4n) is 1.83. The maximum absolute atomic E-state index is 5.54. The summed E-state index contributed by atoms with van der Waals surface area (Å²) in [6.07, 6.45) is 3.89. The Labute approximate surface area is 83.9 Å². The van der Waals surface area contributed by atoms with Crippen molar-refractivity contribution in [1.82, 2.24) is 9.97 Å². The number of imidazole rings is 1. The van der Waals surface area contributed by atoms with E-state index in [1.54, 1.807) is 0 Å². The topological polar surface area (TPSA) is 63.9 Å². The number of hydrogen-bond donors (Lipinski definition) is 2. The predicted molar refractivity (Wildman–Crippen MR) is 53.9 cm³/mol. The van der Waals surface area contributed by atoms with Crippen molar-refractivity contribution in [3.05, 3.63) is 17.7 Å². The second-order valence-corrected chi connectivity index (χ2v) is 4.13. The second kappa shape index (κ2) is 3.71. The molecule has 78 valence electrons. The van der Waals surface area contributed by atoms with Crippen molar-refractivity contribution in [3.63, 3.8) is 0 Å². The number of hydrogen-bond acceptors (Lipinski definition) is 3. The molecule has 1 fully saturated rings. The van der Waals surface area contributed by atoms with Gasteiger partial charge in [-0.25, -0.2) is 4.98 Å². The maximum atomic E-state index is 5.54. The van der Waals surface area contributed by atoms with Crippen molar-refractivity contribution in [3.8, 4) is 0 Å². The van der Waals surface area contributed by atoms with Crippen LogP contribution in [0, 0.1) is 0 Å². The molecule has 0 aliphatic carbocycles. The molecule has 1 aliphatic heterocycles. The molecule has 0 bridgehead atoms. The smallest absolute Gasteiger partial charge is 0.112 e. The number of ether oxygens (including phenoxy) is 1. The molecule has 0 radical (unpaired) electrons. The highest BCUT2D eigenvalue weighted by Crippen LogP contribution is 2.31. The average molecular weight is 195 g/mol. The molecule has 0 spiro atoms. The molecular formula is C10H17N3O. The Kier molecular flexibility index (Phi) is 2.56. The van der Waals surface area contributed by atoms with Gasteiger partial charge in [0.2, 0.25) is 0 Å². The molecule has 2 rings (SSSR count). The minimum Gasteiger partial charge on any atom is -0.381 e. The van der Waals surface area contributed by atoms with Crippen LogP contribution in [0.4, 0.5) is 0 Å². The Morgan fingerprint density at radius 3 is 2.86 bits per heavy atom. The lowest BCUT2D eigenvalue weighted by Gasteiger charge is -2.31. The number of aromatic amines is 1. The van der Waals surface area contributed by atoms with E-state index in [-0.39, 0.29) is 5.41 Å². The summed E-state index contributed by atoms with van der Waals surface area (Å²) >= 11 is 0. The zero-order valence-electron chi connectivity index (χ0n) is 8.55. The second-order valence-electron chi connectivity index (χ2n) is 4.13. The minimum atomic E-state index is 0.145. The summed E-state index contributed by atoms with van der Waals surface area (Å²) in [6, 6.07) is 0. The van der Waals surface area contributed by atoms with E-state index in [2.05, 4.69) is 16.9 Å². The van der Waals surface area contributed by atoms with E-state index in [1.165, 1.54) is 0 Å². The van der Waals surface area contributed by atoms with Crippen molar-refractivity contribution in [2.24, 2.45) is 5.73 Å². The van der Waals surface area contributed by atoms with Gasteiger partial charge in [-0.3, -0.25) is 0 Å². The van der Waals surface area contributed by atoms with Crippen molar-refractivity contribution in [2.75, 3.05) is 13.2 Å². The molecule has 2 heterocycles. The van der Waals surface area contributed by atoms with Gasteiger partial charge in [-0.15, -0.1) is 0 Å². The van der Waals surface area contributed by atoms with E-state index in [4.69, 9.17) is 10.5 Å². The normalized spacial score (nSPS) is 21.0. The third-order valence-electron chi connectivity index (χ3n) is 3.02. The van der Waals surface area contributed by atoms with Gasteiger partial charge in [0, 0.05) is 37.1 Å². The quantitative estimate of drug-likeness (QED) is 0.738. The molecule has 1 aromatic rings. The third kappa shape index (κ3) is 1.67. The highest BCUT2D eigenvalue weighted by Gasteiger charge is 2.31. The highest BCUT2D eigenvalue weighted by atomic mass is 16.5. The van der Waals surface area contributed by atoms with Crippen LogP contribution in [-0.4, -0.2) is 23.2 Å². The highest BCUT2D eigenvalue weighted by molar-refractivity contribution is 5.11. The summed E-state index contributed by atoms with van der Waals surface area (Å²) < 4.78 is 5.35. The zero-order chi connectivity index (χ0) is 10.0. The lowest BCUT2D eigenvalue weighted by atomic mass is 9.82. The first-order chi connectivity index (χ1) is 6.74. The van der Waals surface area contributed by atoms with Crippen LogP contribution >= 0.6 is 0 Å². The maximum Gasteiger partial charge on any atom is 0.112 e. The molecule has 14 heavy (non-hydrogen) atoms. The molecule has 0 atom stereocenters. The minimum absolute atomic E-state index is 0.145. The molecule has 0 unspecified atom stereocenters. The van der Waals surface area contributed by atoms with E-state index >= 15 is 0 Å². The number of rotatable bonds is 2. The van der Waals surface area contributed by atoms with Crippen molar-refractivity contribution in [2.45, 2.75) is 31.7 Å². The monoisotopic (exact) mass is 195 g/mol. The van der Waals surface area contributed by atoms with Gasteiger partial charge < -0.3 is 15.5 Å². The lowest BCUT2D eigenvalue weighted by Crippen LogP contribution is -2.31. The number of nitrogens with one attached hydrogen (secondary N) is 1. The number of H-pyrrole nitrogens is 1. The van der Waals surface area contributed by atoms with E-state index in [0.717, 1.165) is 37.6 Å². The van der Waals surface area contributed by atoms with Crippen LogP contribution in [-0.2, 0) is 16.7 Å². The summed E-state index contributed by atoms with van der Waals surface area (Å²) in [7, 11) is 0. The van der Waals surface area contributed by atoms with Crippen molar-refractivity contribution < 1.29 is 4.74 Å². The fourth-order valence-corrected chi connectivity index (χ4v) is 1.83.